The summed E-state index contributed by atoms with van der Waals surface area (Å²) >= 11 is 0. The van der Waals surface area contributed by atoms with E-state index in [9.17, 15) is 0 Å². The number of anilines is 2. The van der Waals surface area contributed by atoms with Gasteiger partial charge < -0.3 is 5.32 Å². The SMILES string of the molecule is Cc1cc(Nc2ccc(C#N)cc2)c2ccccc2n1. The van der Waals surface area contributed by atoms with Gasteiger partial charge in [-0.15, -0.1) is 0 Å². The van der Waals surface area contributed by atoms with Crippen LogP contribution in [0.5, 0.6) is 0 Å². The lowest BCUT2D eigenvalue weighted by Crippen LogP contribution is -1.94. The van der Waals surface area contributed by atoms with Crippen LogP contribution in [0.15, 0.2) is 54.6 Å². The van der Waals surface area contributed by atoms with Gasteiger partial charge in [-0.05, 0) is 43.3 Å². The number of hydrogen-bond acceptors (Lipinski definition) is 3. The molecule has 3 rings (SSSR count). The van der Waals surface area contributed by atoms with Crippen molar-refractivity contribution in [1.82, 2.24) is 4.98 Å². The van der Waals surface area contributed by atoms with E-state index in [1.807, 2.05) is 49.4 Å². The van der Waals surface area contributed by atoms with Gasteiger partial charge in [0.15, 0.2) is 0 Å². The monoisotopic (exact) mass is 259 g/mol. The second-order valence-electron chi connectivity index (χ2n) is 4.64. The molecule has 0 saturated carbocycles. The van der Waals surface area contributed by atoms with Gasteiger partial charge in [0, 0.05) is 22.5 Å². The van der Waals surface area contributed by atoms with Crippen LogP contribution in [0, 0.1) is 18.3 Å². The minimum atomic E-state index is 0.659. The summed E-state index contributed by atoms with van der Waals surface area (Å²) in [5, 5.41) is 13.3. The molecule has 0 aliphatic rings. The molecule has 0 bridgehead atoms. The van der Waals surface area contributed by atoms with Crippen molar-refractivity contribution < 1.29 is 0 Å². The number of para-hydroxylation sites is 1. The fourth-order valence-corrected chi connectivity index (χ4v) is 2.19. The molecule has 0 fully saturated rings. The van der Waals surface area contributed by atoms with Crippen LogP contribution in [0.2, 0.25) is 0 Å². The molecular weight excluding hydrogens is 246 g/mol. The summed E-state index contributed by atoms with van der Waals surface area (Å²) in [7, 11) is 0. The van der Waals surface area contributed by atoms with E-state index >= 15 is 0 Å². The van der Waals surface area contributed by atoms with Crippen molar-refractivity contribution in [3.05, 3.63) is 65.9 Å². The molecule has 0 saturated heterocycles. The molecule has 3 nitrogen and oxygen atoms in total. The fourth-order valence-electron chi connectivity index (χ4n) is 2.19. The molecule has 0 atom stereocenters. The molecular formula is C17H13N3. The zero-order chi connectivity index (χ0) is 13.9. The maximum Gasteiger partial charge on any atom is 0.0991 e. The van der Waals surface area contributed by atoms with Crippen LogP contribution in [0.25, 0.3) is 10.9 Å². The number of aryl methyl sites for hydroxylation is 1. The maximum absolute atomic E-state index is 8.82. The van der Waals surface area contributed by atoms with E-state index in [-0.39, 0.29) is 0 Å². The third-order valence-corrected chi connectivity index (χ3v) is 3.14. The van der Waals surface area contributed by atoms with Crippen molar-refractivity contribution in [2.45, 2.75) is 6.92 Å². The lowest BCUT2D eigenvalue weighted by atomic mass is 10.1. The van der Waals surface area contributed by atoms with Crippen LogP contribution >= 0.6 is 0 Å². The van der Waals surface area contributed by atoms with Crippen LogP contribution < -0.4 is 5.32 Å². The minimum absolute atomic E-state index is 0.659. The average molecular weight is 259 g/mol. The highest BCUT2D eigenvalue weighted by molar-refractivity contribution is 5.93. The maximum atomic E-state index is 8.82. The van der Waals surface area contributed by atoms with Crippen molar-refractivity contribution in [1.29, 1.82) is 5.26 Å². The highest BCUT2D eigenvalue weighted by atomic mass is 14.9. The standard InChI is InChI=1S/C17H13N3/c1-12-10-17(15-4-2-3-5-16(15)19-12)20-14-8-6-13(11-18)7-9-14/h2-10H,1H3,(H,19,20). The van der Waals surface area contributed by atoms with Crippen molar-refractivity contribution in [3.8, 4) is 6.07 Å². The minimum Gasteiger partial charge on any atom is -0.355 e. The van der Waals surface area contributed by atoms with Gasteiger partial charge in [0.1, 0.15) is 0 Å². The predicted molar refractivity (Wildman–Crippen MR) is 80.9 cm³/mol. The van der Waals surface area contributed by atoms with Gasteiger partial charge in [-0.3, -0.25) is 4.98 Å². The molecule has 2 aromatic carbocycles. The van der Waals surface area contributed by atoms with Gasteiger partial charge in [0.2, 0.25) is 0 Å². The van der Waals surface area contributed by atoms with Gasteiger partial charge in [0.05, 0.1) is 17.1 Å². The molecule has 0 spiro atoms. The lowest BCUT2D eigenvalue weighted by molar-refractivity contribution is 1.25. The smallest absolute Gasteiger partial charge is 0.0991 e. The normalized spacial score (nSPS) is 10.2. The summed E-state index contributed by atoms with van der Waals surface area (Å²) in [5.74, 6) is 0. The predicted octanol–water partition coefficient (Wildman–Crippen LogP) is 4.16. The van der Waals surface area contributed by atoms with E-state index in [2.05, 4.69) is 16.4 Å². The molecule has 0 aliphatic carbocycles. The summed E-state index contributed by atoms with van der Waals surface area (Å²) in [6.07, 6.45) is 0. The highest BCUT2D eigenvalue weighted by Gasteiger charge is 2.04. The van der Waals surface area contributed by atoms with Crippen LogP contribution in [-0.2, 0) is 0 Å². The summed E-state index contributed by atoms with van der Waals surface area (Å²) in [6.45, 7) is 1.98. The second-order valence-corrected chi connectivity index (χ2v) is 4.64. The Labute approximate surface area is 117 Å². The molecule has 1 heterocycles. The largest absolute Gasteiger partial charge is 0.355 e. The van der Waals surface area contributed by atoms with Crippen LogP contribution in [-0.4, -0.2) is 4.98 Å². The first-order chi connectivity index (χ1) is 9.76. The molecule has 0 unspecified atom stereocenters. The Morgan fingerprint density at radius 1 is 1.05 bits per heavy atom. The Bertz CT molecular complexity index is 799. The Morgan fingerprint density at radius 3 is 2.55 bits per heavy atom. The highest BCUT2D eigenvalue weighted by Crippen LogP contribution is 2.26. The molecule has 0 amide bonds. The number of pyridine rings is 1. The number of benzene rings is 2. The van der Waals surface area contributed by atoms with E-state index in [0.29, 0.717) is 5.56 Å². The summed E-state index contributed by atoms with van der Waals surface area (Å²) < 4.78 is 0. The van der Waals surface area contributed by atoms with Crippen molar-refractivity contribution >= 4 is 22.3 Å². The summed E-state index contributed by atoms with van der Waals surface area (Å²) in [5.41, 5.74) is 4.59. The molecule has 3 heteroatoms. The van der Waals surface area contributed by atoms with E-state index in [1.165, 1.54) is 0 Å². The Hall–Kier alpha value is -2.86. The van der Waals surface area contributed by atoms with Crippen molar-refractivity contribution in [2.24, 2.45) is 0 Å². The topological polar surface area (TPSA) is 48.7 Å². The molecule has 0 aliphatic heterocycles. The van der Waals surface area contributed by atoms with Gasteiger partial charge in [-0.25, -0.2) is 0 Å². The van der Waals surface area contributed by atoms with E-state index in [1.54, 1.807) is 12.1 Å². The molecule has 0 radical (unpaired) electrons. The second kappa shape index (κ2) is 5.02. The fraction of sp³-hybridized carbons (Fsp3) is 0.0588. The molecule has 1 N–H and O–H groups in total. The van der Waals surface area contributed by atoms with E-state index in [0.717, 1.165) is 28.0 Å². The zero-order valence-electron chi connectivity index (χ0n) is 11.1. The quantitative estimate of drug-likeness (QED) is 0.751. The Morgan fingerprint density at radius 2 is 1.80 bits per heavy atom. The van der Waals surface area contributed by atoms with Crippen LogP contribution in [0.3, 0.4) is 0 Å². The number of nitriles is 1. The van der Waals surface area contributed by atoms with Crippen LogP contribution in [0.1, 0.15) is 11.3 Å². The first-order valence-electron chi connectivity index (χ1n) is 6.40. The lowest BCUT2D eigenvalue weighted by Gasteiger charge is -2.10. The summed E-state index contributed by atoms with van der Waals surface area (Å²) in [6, 6.07) is 19.6. The Kier molecular flexibility index (Phi) is 3.06. The number of fused-ring (bicyclic) bond motifs is 1. The molecule has 96 valence electrons. The number of nitrogens with zero attached hydrogens (tertiary/aromatic N) is 2. The molecule has 20 heavy (non-hydrogen) atoms. The van der Waals surface area contributed by atoms with Crippen molar-refractivity contribution in [2.75, 3.05) is 5.32 Å². The number of nitrogens with one attached hydrogen (secondary N) is 1. The van der Waals surface area contributed by atoms with Gasteiger partial charge in [-0.2, -0.15) is 5.26 Å². The first kappa shape index (κ1) is 12.2. The Balaban J connectivity index is 2.03. The van der Waals surface area contributed by atoms with E-state index in [4.69, 9.17) is 5.26 Å². The third kappa shape index (κ3) is 2.32. The molecule has 1 aromatic heterocycles. The van der Waals surface area contributed by atoms with E-state index < -0.39 is 0 Å². The van der Waals surface area contributed by atoms with Gasteiger partial charge >= 0.3 is 0 Å². The average Bonchev–Trinajstić information content (AvgIpc) is 2.48. The van der Waals surface area contributed by atoms with Crippen molar-refractivity contribution in [3.63, 3.8) is 0 Å². The zero-order valence-corrected chi connectivity index (χ0v) is 11.1. The number of aromatic nitrogens is 1. The van der Waals surface area contributed by atoms with Gasteiger partial charge in [0.25, 0.3) is 0 Å². The summed E-state index contributed by atoms with van der Waals surface area (Å²) in [4.78, 5) is 4.52. The first-order valence-corrected chi connectivity index (χ1v) is 6.40. The number of hydrogen-bond donors (Lipinski definition) is 1. The number of rotatable bonds is 2. The van der Waals surface area contributed by atoms with Crippen LogP contribution in [0.4, 0.5) is 11.4 Å². The molecule has 3 aromatic rings. The van der Waals surface area contributed by atoms with Gasteiger partial charge in [-0.1, -0.05) is 18.2 Å². The third-order valence-electron chi connectivity index (χ3n) is 3.14.